The van der Waals surface area contributed by atoms with E-state index >= 15 is 0 Å². The van der Waals surface area contributed by atoms with Crippen LogP contribution in [0.25, 0.3) is 0 Å². The van der Waals surface area contributed by atoms with E-state index in [9.17, 15) is 4.79 Å². The fraction of sp³-hybridized carbons (Fsp3) is 0.667. The first-order chi connectivity index (χ1) is 8.27. The van der Waals surface area contributed by atoms with E-state index in [1.165, 1.54) is 6.42 Å². The number of carbonyl (C=O) groups is 1. The molecular formula is C15H22O2. The summed E-state index contributed by atoms with van der Waals surface area (Å²) in [6, 6.07) is 0. The van der Waals surface area contributed by atoms with E-state index in [4.69, 9.17) is 5.11 Å². The monoisotopic (exact) mass is 234 g/mol. The summed E-state index contributed by atoms with van der Waals surface area (Å²) in [5.74, 6) is 11.0. The zero-order valence-electron chi connectivity index (χ0n) is 10.7. The summed E-state index contributed by atoms with van der Waals surface area (Å²) in [5, 5.41) is 8.44. The molecule has 2 nitrogen and oxygen atoms in total. The molecule has 0 atom stereocenters. The number of carboxylic acid groups (broad SMARTS) is 1. The van der Waals surface area contributed by atoms with Gasteiger partial charge >= 0.3 is 5.97 Å². The Morgan fingerprint density at radius 1 is 0.941 bits per heavy atom. The maximum Gasteiger partial charge on any atom is 0.303 e. The minimum Gasteiger partial charge on any atom is -0.481 e. The highest BCUT2D eigenvalue weighted by Crippen LogP contribution is 2.04. The van der Waals surface area contributed by atoms with Crippen molar-refractivity contribution >= 4 is 5.97 Å². The molecule has 0 fully saturated rings. The molecule has 0 spiro atoms. The third-order valence-electron chi connectivity index (χ3n) is 2.34. The van der Waals surface area contributed by atoms with Gasteiger partial charge in [-0.05, 0) is 31.1 Å². The standard InChI is InChI=1S/C15H22O2/c1-2-3-4-5-6-7-8-9-10-11-12-13-14-15(16)17/h2-4,9-14H2,1H3,(H,16,17). The summed E-state index contributed by atoms with van der Waals surface area (Å²) in [6.07, 6.45) is 8.30. The lowest BCUT2D eigenvalue weighted by molar-refractivity contribution is -0.137. The summed E-state index contributed by atoms with van der Waals surface area (Å²) in [6.45, 7) is 2.15. The molecule has 0 saturated carbocycles. The molecule has 17 heavy (non-hydrogen) atoms. The van der Waals surface area contributed by atoms with Crippen molar-refractivity contribution in [2.24, 2.45) is 0 Å². The molecule has 0 radical (unpaired) electrons. The number of hydrogen-bond donors (Lipinski definition) is 1. The first kappa shape index (κ1) is 15.6. The fourth-order valence-electron chi connectivity index (χ4n) is 1.32. The Hall–Kier alpha value is -1.41. The first-order valence-electron chi connectivity index (χ1n) is 6.45. The van der Waals surface area contributed by atoms with Gasteiger partial charge in [-0.25, -0.2) is 0 Å². The Bertz CT molecular complexity index is 309. The molecule has 0 aromatic heterocycles. The van der Waals surface area contributed by atoms with Crippen molar-refractivity contribution < 1.29 is 9.90 Å². The molecule has 0 aromatic carbocycles. The smallest absolute Gasteiger partial charge is 0.303 e. The van der Waals surface area contributed by atoms with Crippen LogP contribution in [0.3, 0.4) is 0 Å². The van der Waals surface area contributed by atoms with Crippen molar-refractivity contribution in [3.05, 3.63) is 0 Å². The Kier molecular flexibility index (Phi) is 11.6. The van der Waals surface area contributed by atoms with Gasteiger partial charge in [0.1, 0.15) is 0 Å². The lowest BCUT2D eigenvalue weighted by atomic mass is 10.1. The van der Waals surface area contributed by atoms with Crippen molar-refractivity contribution in [2.45, 2.75) is 64.7 Å². The highest BCUT2D eigenvalue weighted by atomic mass is 16.4. The maximum atomic E-state index is 10.2. The maximum absolute atomic E-state index is 10.2. The number of rotatable bonds is 8. The Morgan fingerprint density at radius 3 is 2.12 bits per heavy atom. The largest absolute Gasteiger partial charge is 0.481 e. The van der Waals surface area contributed by atoms with Crippen LogP contribution < -0.4 is 0 Å². The summed E-state index contributed by atoms with van der Waals surface area (Å²) >= 11 is 0. The molecule has 0 bridgehead atoms. The van der Waals surface area contributed by atoms with Crippen LogP contribution in [-0.2, 0) is 4.79 Å². The number of unbranched alkanes of at least 4 members (excludes halogenated alkanes) is 6. The van der Waals surface area contributed by atoms with E-state index < -0.39 is 5.97 Å². The van der Waals surface area contributed by atoms with E-state index in [0.717, 1.165) is 44.9 Å². The van der Waals surface area contributed by atoms with Crippen LogP contribution in [0.4, 0.5) is 0 Å². The number of hydrogen-bond acceptors (Lipinski definition) is 1. The molecule has 0 aliphatic heterocycles. The summed E-state index contributed by atoms with van der Waals surface area (Å²) < 4.78 is 0. The number of carboxylic acids is 1. The second-order valence-electron chi connectivity index (χ2n) is 4.02. The lowest BCUT2D eigenvalue weighted by Gasteiger charge is -1.95. The van der Waals surface area contributed by atoms with Gasteiger partial charge in [-0.3, -0.25) is 4.79 Å². The van der Waals surface area contributed by atoms with E-state index in [0.29, 0.717) is 0 Å². The van der Waals surface area contributed by atoms with Crippen molar-refractivity contribution in [3.8, 4) is 23.7 Å². The van der Waals surface area contributed by atoms with Gasteiger partial charge in [0.05, 0.1) is 0 Å². The van der Waals surface area contributed by atoms with E-state index in [1.807, 2.05) is 0 Å². The van der Waals surface area contributed by atoms with Gasteiger partial charge in [-0.1, -0.05) is 38.0 Å². The van der Waals surface area contributed by atoms with Gasteiger partial charge < -0.3 is 5.11 Å². The quantitative estimate of drug-likeness (QED) is 0.514. The van der Waals surface area contributed by atoms with E-state index in [2.05, 4.69) is 30.6 Å². The molecule has 0 aromatic rings. The molecule has 94 valence electrons. The topological polar surface area (TPSA) is 37.3 Å². The van der Waals surface area contributed by atoms with Gasteiger partial charge in [-0.15, -0.1) is 0 Å². The van der Waals surface area contributed by atoms with E-state index in [1.54, 1.807) is 0 Å². The third-order valence-corrected chi connectivity index (χ3v) is 2.34. The van der Waals surface area contributed by atoms with Crippen molar-refractivity contribution in [3.63, 3.8) is 0 Å². The van der Waals surface area contributed by atoms with Crippen LogP contribution in [0, 0.1) is 23.7 Å². The van der Waals surface area contributed by atoms with Crippen molar-refractivity contribution in [1.82, 2.24) is 0 Å². The van der Waals surface area contributed by atoms with Gasteiger partial charge in [0, 0.05) is 19.3 Å². The lowest BCUT2D eigenvalue weighted by Crippen LogP contribution is -1.93. The predicted octanol–water partition coefficient (Wildman–Crippen LogP) is 3.61. The van der Waals surface area contributed by atoms with Gasteiger partial charge in [0.25, 0.3) is 0 Å². The minimum atomic E-state index is -0.702. The Morgan fingerprint density at radius 2 is 1.53 bits per heavy atom. The van der Waals surface area contributed by atoms with Gasteiger partial charge in [0.15, 0.2) is 0 Å². The molecule has 0 rings (SSSR count). The highest BCUT2D eigenvalue weighted by Gasteiger charge is 1.95. The van der Waals surface area contributed by atoms with Gasteiger partial charge in [0.2, 0.25) is 0 Å². The zero-order chi connectivity index (χ0) is 12.8. The predicted molar refractivity (Wildman–Crippen MR) is 70.4 cm³/mol. The molecule has 0 saturated heterocycles. The first-order valence-corrected chi connectivity index (χ1v) is 6.45. The number of aliphatic carboxylic acids is 1. The molecule has 1 N–H and O–H groups in total. The molecule has 2 heteroatoms. The van der Waals surface area contributed by atoms with E-state index in [-0.39, 0.29) is 6.42 Å². The fourth-order valence-corrected chi connectivity index (χ4v) is 1.32. The van der Waals surface area contributed by atoms with Crippen LogP contribution in [0.1, 0.15) is 64.7 Å². The second-order valence-corrected chi connectivity index (χ2v) is 4.02. The zero-order valence-corrected chi connectivity index (χ0v) is 10.7. The normalized spacial score (nSPS) is 8.76. The van der Waals surface area contributed by atoms with Crippen LogP contribution in [0.5, 0.6) is 0 Å². The summed E-state index contributed by atoms with van der Waals surface area (Å²) in [7, 11) is 0. The SMILES string of the molecule is CCCCC#CC#CCCCCCCC(=O)O. The van der Waals surface area contributed by atoms with Crippen molar-refractivity contribution in [2.75, 3.05) is 0 Å². The Labute approximate surface area is 105 Å². The van der Waals surface area contributed by atoms with Crippen molar-refractivity contribution in [1.29, 1.82) is 0 Å². The Balaban J connectivity index is 3.29. The molecule has 0 unspecified atom stereocenters. The van der Waals surface area contributed by atoms with Crippen LogP contribution >= 0.6 is 0 Å². The van der Waals surface area contributed by atoms with Crippen LogP contribution in [0.15, 0.2) is 0 Å². The molecule has 0 heterocycles. The average Bonchev–Trinajstić information content (AvgIpc) is 2.30. The second kappa shape index (κ2) is 12.7. The minimum absolute atomic E-state index is 0.286. The van der Waals surface area contributed by atoms with Crippen LogP contribution in [0.2, 0.25) is 0 Å². The third kappa shape index (κ3) is 14.6. The average molecular weight is 234 g/mol. The van der Waals surface area contributed by atoms with Gasteiger partial charge in [-0.2, -0.15) is 0 Å². The highest BCUT2D eigenvalue weighted by molar-refractivity contribution is 5.66. The summed E-state index contributed by atoms with van der Waals surface area (Å²) in [5.41, 5.74) is 0. The summed E-state index contributed by atoms with van der Waals surface area (Å²) in [4.78, 5) is 10.2. The van der Waals surface area contributed by atoms with Crippen LogP contribution in [-0.4, -0.2) is 11.1 Å². The molecule has 0 aliphatic rings. The molecule has 0 amide bonds. The molecular weight excluding hydrogens is 212 g/mol. The molecule has 0 aliphatic carbocycles.